The molecule has 2 saturated heterocycles. The molecule has 0 radical (unpaired) electrons. The van der Waals surface area contributed by atoms with E-state index in [-0.39, 0.29) is 42.0 Å². The van der Waals surface area contributed by atoms with Crippen LogP contribution in [-0.2, 0) is 23.9 Å². The molecule has 0 aliphatic carbocycles. The first-order chi connectivity index (χ1) is 20.0. The van der Waals surface area contributed by atoms with Gasteiger partial charge in [-0.15, -0.1) is 0 Å². The average molecular weight is 584 g/mol. The molecule has 2 fully saturated rings. The first-order valence-corrected chi connectivity index (χ1v) is 14.2. The summed E-state index contributed by atoms with van der Waals surface area (Å²) in [6.07, 6.45) is -1.66. The van der Waals surface area contributed by atoms with E-state index in [9.17, 15) is 23.2 Å². The number of likely N-dealkylation sites (tertiary alicyclic amines) is 1. The molecule has 0 saturated carbocycles. The Bertz CT molecular complexity index is 1380. The van der Waals surface area contributed by atoms with Gasteiger partial charge in [0.05, 0.1) is 42.9 Å². The smallest absolute Gasteiger partial charge is 0.418 e. The van der Waals surface area contributed by atoms with E-state index in [0.717, 1.165) is 31.1 Å². The van der Waals surface area contributed by atoms with Crippen LogP contribution in [0.2, 0.25) is 0 Å². The van der Waals surface area contributed by atoms with Gasteiger partial charge in [-0.2, -0.15) is 28.4 Å². The Kier molecular flexibility index (Phi) is 8.32. The average Bonchev–Trinajstić information content (AvgIpc) is 3.32. The Hall–Kier alpha value is -3.85. The first kappa shape index (κ1) is 29.6. The van der Waals surface area contributed by atoms with Gasteiger partial charge in [0.1, 0.15) is 5.82 Å². The standard InChI is InChI=1S/C30H36F3N7O2/c1-4-26(41)40-16-15-39(17-21(40)9-12-34)27-22-10-13-38(25-8-6-5-7-23(25)30(31,32)33)18-24(22)35-28(36-27)42-20-29(2)11-14-37(3)19-29/h4-8,21H,1,9-11,13-20H2,2-3H3. The van der Waals surface area contributed by atoms with Crippen LogP contribution in [0.25, 0.3) is 0 Å². The molecular weight excluding hydrogens is 547 g/mol. The van der Waals surface area contributed by atoms with E-state index in [2.05, 4.69) is 31.5 Å². The monoisotopic (exact) mass is 583 g/mol. The van der Waals surface area contributed by atoms with Crippen molar-refractivity contribution in [2.75, 3.05) is 62.7 Å². The number of ether oxygens (including phenoxy) is 1. The fraction of sp³-hybridized carbons (Fsp3) is 0.533. The second kappa shape index (κ2) is 11.8. The Labute approximate surface area is 244 Å². The number of carbonyl (C=O) groups is 1. The number of alkyl halides is 3. The molecule has 1 amide bonds. The molecule has 3 aliphatic rings. The number of para-hydroxylation sites is 1. The summed E-state index contributed by atoms with van der Waals surface area (Å²) < 4.78 is 47.8. The zero-order valence-corrected chi connectivity index (χ0v) is 24.0. The lowest BCUT2D eigenvalue weighted by atomic mass is 9.91. The largest absolute Gasteiger partial charge is 0.463 e. The molecule has 3 aliphatic heterocycles. The SMILES string of the molecule is C=CC(=O)N1CCN(c2nc(OCC3(C)CCN(C)C3)nc3c2CCN(c2ccccc2C(F)(F)F)C3)CC1CC#N. The van der Waals surface area contributed by atoms with Crippen molar-refractivity contribution in [3.63, 3.8) is 0 Å². The number of hydrogen-bond acceptors (Lipinski definition) is 8. The lowest BCUT2D eigenvalue weighted by Gasteiger charge is -2.42. The van der Waals surface area contributed by atoms with Gasteiger partial charge in [-0.05, 0) is 44.6 Å². The highest BCUT2D eigenvalue weighted by atomic mass is 19.4. The number of nitriles is 1. The number of amides is 1. The van der Waals surface area contributed by atoms with Gasteiger partial charge in [-0.25, -0.2) is 0 Å². The number of benzene rings is 1. The van der Waals surface area contributed by atoms with Crippen molar-refractivity contribution in [1.82, 2.24) is 19.8 Å². The molecule has 224 valence electrons. The number of anilines is 2. The molecule has 5 rings (SSSR count). The zero-order chi connectivity index (χ0) is 30.1. The molecule has 0 N–H and O–H groups in total. The molecule has 42 heavy (non-hydrogen) atoms. The van der Waals surface area contributed by atoms with Crippen LogP contribution in [0, 0.1) is 16.7 Å². The lowest BCUT2D eigenvalue weighted by molar-refractivity contribution is -0.137. The summed E-state index contributed by atoms with van der Waals surface area (Å²) in [7, 11) is 2.07. The van der Waals surface area contributed by atoms with Crippen LogP contribution in [0.3, 0.4) is 0 Å². The molecule has 0 spiro atoms. The van der Waals surface area contributed by atoms with E-state index in [1.54, 1.807) is 15.9 Å². The van der Waals surface area contributed by atoms with Gasteiger partial charge in [0.15, 0.2) is 0 Å². The van der Waals surface area contributed by atoms with E-state index in [1.165, 1.54) is 18.2 Å². The van der Waals surface area contributed by atoms with Gasteiger partial charge in [-0.1, -0.05) is 25.6 Å². The maximum absolute atomic E-state index is 13.9. The number of piperazine rings is 1. The van der Waals surface area contributed by atoms with Crippen LogP contribution in [0.1, 0.15) is 36.6 Å². The number of hydrogen-bond donors (Lipinski definition) is 0. The molecule has 12 heteroatoms. The minimum absolute atomic E-state index is 0.0690. The van der Waals surface area contributed by atoms with Crippen LogP contribution >= 0.6 is 0 Å². The second-order valence-electron chi connectivity index (χ2n) is 11.7. The van der Waals surface area contributed by atoms with Crippen molar-refractivity contribution in [3.05, 3.63) is 53.7 Å². The van der Waals surface area contributed by atoms with Crippen molar-refractivity contribution in [3.8, 4) is 12.1 Å². The molecule has 2 atom stereocenters. The Morgan fingerprint density at radius 1 is 1.21 bits per heavy atom. The third-order valence-corrected chi connectivity index (χ3v) is 8.44. The Morgan fingerprint density at radius 2 is 2.00 bits per heavy atom. The van der Waals surface area contributed by atoms with E-state index in [1.807, 2.05) is 4.90 Å². The fourth-order valence-electron chi connectivity index (χ4n) is 6.27. The third-order valence-electron chi connectivity index (χ3n) is 8.44. The first-order valence-electron chi connectivity index (χ1n) is 14.2. The van der Waals surface area contributed by atoms with Crippen molar-refractivity contribution < 1.29 is 22.7 Å². The predicted octanol–water partition coefficient (Wildman–Crippen LogP) is 3.90. The summed E-state index contributed by atoms with van der Waals surface area (Å²) in [6.45, 7) is 9.80. The second-order valence-corrected chi connectivity index (χ2v) is 11.7. The molecule has 2 aromatic rings. The van der Waals surface area contributed by atoms with E-state index in [0.29, 0.717) is 50.7 Å². The number of halogens is 3. The van der Waals surface area contributed by atoms with Crippen molar-refractivity contribution in [2.24, 2.45) is 5.41 Å². The molecular formula is C30H36F3N7O2. The molecule has 4 heterocycles. The summed E-state index contributed by atoms with van der Waals surface area (Å²) in [4.78, 5) is 29.7. The zero-order valence-electron chi connectivity index (χ0n) is 24.0. The molecule has 1 aromatic carbocycles. The minimum atomic E-state index is -4.48. The number of carbonyl (C=O) groups excluding carboxylic acids is 1. The Morgan fingerprint density at radius 3 is 2.69 bits per heavy atom. The van der Waals surface area contributed by atoms with Gasteiger partial charge >= 0.3 is 12.2 Å². The number of nitrogens with zero attached hydrogens (tertiary/aromatic N) is 7. The summed E-state index contributed by atoms with van der Waals surface area (Å²) in [6, 6.07) is 7.61. The van der Waals surface area contributed by atoms with Gasteiger partial charge in [-0.3, -0.25) is 4.79 Å². The maximum Gasteiger partial charge on any atom is 0.418 e. The molecule has 0 bridgehead atoms. The summed E-state index contributed by atoms with van der Waals surface area (Å²) in [5.41, 5.74) is 0.841. The maximum atomic E-state index is 13.9. The van der Waals surface area contributed by atoms with Crippen LogP contribution < -0.4 is 14.5 Å². The molecule has 9 nitrogen and oxygen atoms in total. The van der Waals surface area contributed by atoms with Crippen LogP contribution in [-0.4, -0.2) is 84.6 Å². The third kappa shape index (κ3) is 6.16. The van der Waals surface area contributed by atoms with Crippen molar-refractivity contribution in [2.45, 2.75) is 44.9 Å². The minimum Gasteiger partial charge on any atom is -0.463 e. The van der Waals surface area contributed by atoms with Gasteiger partial charge in [0.25, 0.3) is 0 Å². The van der Waals surface area contributed by atoms with E-state index in [4.69, 9.17) is 14.7 Å². The van der Waals surface area contributed by atoms with E-state index < -0.39 is 11.7 Å². The van der Waals surface area contributed by atoms with Gasteiger partial charge < -0.3 is 24.3 Å². The Balaban J connectivity index is 1.48. The quantitative estimate of drug-likeness (QED) is 0.454. The van der Waals surface area contributed by atoms with E-state index >= 15 is 0 Å². The lowest BCUT2D eigenvalue weighted by Crippen LogP contribution is -2.55. The number of fused-ring (bicyclic) bond motifs is 1. The van der Waals surface area contributed by atoms with Crippen molar-refractivity contribution in [1.29, 1.82) is 5.26 Å². The van der Waals surface area contributed by atoms with Gasteiger partial charge in [0.2, 0.25) is 5.91 Å². The van der Waals surface area contributed by atoms with Crippen LogP contribution in [0.5, 0.6) is 6.01 Å². The highest BCUT2D eigenvalue weighted by Crippen LogP contribution is 2.39. The summed E-state index contributed by atoms with van der Waals surface area (Å²) in [5, 5.41) is 9.45. The predicted molar refractivity (Wildman–Crippen MR) is 152 cm³/mol. The summed E-state index contributed by atoms with van der Waals surface area (Å²) >= 11 is 0. The topological polar surface area (TPSA) is 88.8 Å². The van der Waals surface area contributed by atoms with Crippen LogP contribution in [0.15, 0.2) is 36.9 Å². The molecule has 2 unspecified atom stereocenters. The highest BCUT2D eigenvalue weighted by molar-refractivity contribution is 5.87. The van der Waals surface area contributed by atoms with Crippen LogP contribution in [0.4, 0.5) is 24.7 Å². The highest BCUT2D eigenvalue weighted by Gasteiger charge is 2.38. The number of rotatable bonds is 7. The van der Waals surface area contributed by atoms with Gasteiger partial charge in [0, 0.05) is 49.4 Å². The summed E-state index contributed by atoms with van der Waals surface area (Å²) in [5.74, 6) is 0.429. The van der Waals surface area contributed by atoms with Crippen molar-refractivity contribution >= 4 is 17.4 Å². The molecule has 1 aromatic heterocycles. The number of aromatic nitrogens is 2. The normalized spacial score (nSPS) is 23.0. The fourth-order valence-corrected chi connectivity index (χ4v) is 6.27.